The number of hydrogen-bond acceptors (Lipinski definition) is 4. The minimum absolute atomic E-state index is 0.0202. The highest BCUT2D eigenvalue weighted by molar-refractivity contribution is 5.93. The molecule has 3 rings (SSSR count). The van der Waals surface area contributed by atoms with E-state index >= 15 is 0 Å². The third-order valence-electron chi connectivity index (χ3n) is 3.77. The van der Waals surface area contributed by atoms with Gasteiger partial charge in [0, 0.05) is 37.6 Å². The number of fused-ring (bicyclic) bond motifs is 1. The van der Waals surface area contributed by atoms with Crippen LogP contribution >= 0.6 is 0 Å². The van der Waals surface area contributed by atoms with E-state index in [0.29, 0.717) is 11.5 Å². The fourth-order valence-electron chi connectivity index (χ4n) is 2.80. The summed E-state index contributed by atoms with van der Waals surface area (Å²) >= 11 is 0. The van der Waals surface area contributed by atoms with Crippen LogP contribution in [0.3, 0.4) is 0 Å². The van der Waals surface area contributed by atoms with Gasteiger partial charge in [0.25, 0.3) is 0 Å². The molecule has 0 aromatic heterocycles. The molecule has 0 spiro atoms. The van der Waals surface area contributed by atoms with Crippen LogP contribution in [0.1, 0.15) is 33.1 Å². The Hall–Kier alpha value is -1.75. The van der Waals surface area contributed by atoms with Crippen LogP contribution in [0.25, 0.3) is 0 Å². The summed E-state index contributed by atoms with van der Waals surface area (Å²) in [5.74, 6) is 0.776. The maximum Gasteiger partial charge on any atom is 0.246 e. The second-order valence-electron chi connectivity index (χ2n) is 6.02. The van der Waals surface area contributed by atoms with Crippen molar-refractivity contribution in [2.24, 2.45) is 11.7 Å². The van der Waals surface area contributed by atoms with Crippen LogP contribution < -0.4 is 20.5 Å². The molecule has 2 atom stereocenters. The minimum Gasteiger partial charge on any atom is -0.449 e. The lowest BCUT2D eigenvalue weighted by molar-refractivity contribution is -0.119. The van der Waals surface area contributed by atoms with Gasteiger partial charge >= 0.3 is 0 Å². The van der Waals surface area contributed by atoms with Crippen LogP contribution in [0.4, 0.5) is 5.69 Å². The lowest BCUT2D eigenvalue weighted by Crippen LogP contribution is -2.29. The summed E-state index contributed by atoms with van der Waals surface area (Å²) in [6.07, 6.45) is 2.56. The molecule has 2 aliphatic rings. The summed E-state index contributed by atoms with van der Waals surface area (Å²) in [6.45, 7) is 3.70. The fourth-order valence-corrected chi connectivity index (χ4v) is 2.80. The monoisotopic (exact) mass is 276 g/mol. The lowest BCUT2D eigenvalue weighted by atomic mass is 10.1. The van der Waals surface area contributed by atoms with Gasteiger partial charge in [0.2, 0.25) is 11.7 Å². The average Bonchev–Trinajstić information content (AvgIpc) is 2.90. The Bertz CT molecular complexity index is 542. The number of carbonyl (C=O) groups excluding carboxylic acids is 1. The molecule has 1 aromatic rings. The first kappa shape index (κ1) is 13.2. The van der Waals surface area contributed by atoms with Crippen LogP contribution in [-0.2, 0) is 4.79 Å². The van der Waals surface area contributed by atoms with Gasteiger partial charge in [-0.25, -0.2) is 0 Å². The van der Waals surface area contributed by atoms with Crippen molar-refractivity contribution in [2.75, 3.05) is 5.32 Å². The number of ether oxygens (including phenoxy) is 2. The Labute approximate surface area is 118 Å². The number of amides is 1. The van der Waals surface area contributed by atoms with Crippen molar-refractivity contribution >= 4 is 11.6 Å². The number of rotatable bonds is 2. The normalized spacial score (nSPS) is 26.6. The van der Waals surface area contributed by atoms with E-state index in [2.05, 4.69) is 5.32 Å². The van der Waals surface area contributed by atoms with Crippen molar-refractivity contribution in [3.05, 3.63) is 18.2 Å². The number of nitrogens with two attached hydrogens (primary N) is 1. The molecule has 1 fully saturated rings. The second kappa shape index (κ2) is 4.66. The number of hydrogen-bond donors (Lipinski definition) is 2. The molecular weight excluding hydrogens is 256 g/mol. The molecule has 5 nitrogen and oxygen atoms in total. The highest BCUT2D eigenvalue weighted by atomic mass is 16.7. The first-order chi connectivity index (χ1) is 9.43. The van der Waals surface area contributed by atoms with E-state index in [-0.39, 0.29) is 17.9 Å². The number of nitrogens with one attached hydrogen (secondary N) is 1. The Morgan fingerprint density at radius 1 is 1.30 bits per heavy atom. The Morgan fingerprint density at radius 3 is 2.75 bits per heavy atom. The van der Waals surface area contributed by atoms with E-state index in [9.17, 15) is 4.79 Å². The summed E-state index contributed by atoms with van der Waals surface area (Å²) in [5.41, 5.74) is 6.58. The quantitative estimate of drug-likeness (QED) is 0.869. The maximum absolute atomic E-state index is 12.1. The van der Waals surface area contributed by atoms with Crippen molar-refractivity contribution < 1.29 is 14.3 Å². The third-order valence-corrected chi connectivity index (χ3v) is 3.77. The summed E-state index contributed by atoms with van der Waals surface area (Å²) < 4.78 is 11.3. The molecule has 1 aliphatic heterocycles. The van der Waals surface area contributed by atoms with Gasteiger partial charge < -0.3 is 20.5 Å². The molecule has 1 saturated carbocycles. The zero-order chi connectivity index (χ0) is 14.3. The molecule has 3 N–H and O–H groups in total. The third kappa shape index (κ3) is 2.58. The smallest absolute Gasteiger partial charge is 0.246 e. The predicted molar refractivity (Wildman–Crippen MR) is 75.7 cm³/mol. The summed E-state index contributed by atoms with van der Waals surface area (Å²) in [7, 11) is 0. The minimum atomic E-state index is -0.650. The van der Waals surface area contributed by atoms with Gasteiger partial charge in [-0.1, -0.05) is 0 Å². The van der Waals surface area contributed by atoms with E-state index < -0.39 is 5.79 Å². The molecule has 2 unspecified atom stereocenters. The topological polar surface area (TPSA) is 73.6 Å². The molecule has 108 valence electrons. The predicted octanol–water partition coefficient (Wildman–Crippen LogP) is 2.26. The average molecular weight is 276 g/mol. The molecule has 1 aliphatic carbocycles. The first-order valence-electron chi connectivity index (χ1n) is 7.01. The van der Waals surface area contributed by atoms with Crippen molar-refractivity contribution in [3.8, 4) is 11.5 Å². The molecule has 1 amide bonds. The summed E-state index contributed by atoms with van der Waals surface area (Å²) in [6, 6.07) is 5.61. The number of anilines is 1. The van der Waals surface area contributed by atoms with Gasteiger partial charge in [-0.3, -0.25) is 4.79 Å². The lowest BCUT2D eigenvalue weighted by Gasteiger charge is -2.16. The molecular formula is C15H20N2O3. The summed E-state index contributed by atoms with van der Waals surface area (Å²) in [4.78, 5) is 12.1. The zero-order valence-electron chi connectivity index (χ0n) is 11.8. The van der Waals surface area contributed by atoms with Crippen LogP contribution in [0.2, 0.25) is 0 Å². The highest BCUT2D eigenvalue weighted by Crippen LogP contribution is 2.40. The second-order valence-corrected chi connectivity index (χ2v) is 6.02. The molecule has 20 heavy (non-hydrogen) atoms. The number of benzene rings is 1. The van der Waals surface area contributed by atoms with Crippen LogP contribution in [0.5, 0.6) is 11.5 Å². The molecule has 0 bridgehead atoms. The Kier molecular flexibility index (Phi) is 3.09. The van der Waals surface area contributed by atoms with E-state index in [1.165, 1.54) is 0 Å². The van der Waals surface area contributed by atoms with Crippen molar-refractivity contribution in [1.29, 1.82) is 0 Å². The van der Waals surface area contributed by atoms with E-state index in [1.54, 1.807) is 6.07 Å². The van der Waals surface area contributed by atoms with Crippen LogP contribution in [0, 0.1) is 5.92 Å². The highest BCUT2D eigenvalue weighted by Gasteiger charge is 2.32. The maximum atomic E-state index is 12.1. The van der Waals surface area contributed by atoms with Crippen LogP contribution in [-0.4, -0.2) is 17.7 Å². The largest absolute Gasteiger partial charge is 0.449 e. The summed E-state index contributed by atoms with van der Waals surface area (Å²) in [5, 5.41) is 2.93. The standard InChI is InChI=1S/C15H20N2O3/c1-15(2)19-12-6-5-11(8-13(12)20-15)17-14(18)9-3-4-10(16)7-9/h5-6,8-10H,3-4,7,16H2,1-2H3,(H,17,18). The van der Waals surface area contributed by atoms with Gasteiger partial charge in [0.1, 0.15) is 0 Å². The zero-order valence-corrected chi connectivity index (χ0v) is 11.8. The van der Waals surface area contributed by atoms with Crippen molar-refractivity contribution in [2.45, 2.75) is 44.9 Å². The molecule has 0 saturated heterocycles. The molecule has 1 aromatic carbocycles. The van der Waals surface area contributed by atoms with Crippen molar-refractivity contribution in [1.82, 2.24) is 0 Å². The SMILES string of the molecule is CC1(C)Oc2ccc(NC(=O)C3CCC(N)C3)cc2O1. The van der Waals surface area contributed by atoms with E-state index in [4.69, 9.17) is 15.2 Å². The van der Waals surface area contributed by atoms with Gasteiger partial charge in [0.05, 0.1) is 0 Å². The Balaban J connectivity index is 1.69. The fraction of sp³-hybridized carbons (Fsp3) is 0.533. The first-order valence-corrected chi connectivity index (χ1v) is 7.01. The van der Waals surface area contributed by atoms with Crippen LogP contribution in [0.15, 0.2) is 18.2 Å². The van der Waals surface area contributed by atoms with Gasteiger partial charge in [-0.2, -0.15) is 0 Å². The van der Waals surface area contributed by atoms with Gasteiger partial charge in [-0.15, -0.1) is 0 Å². The van der Waals surface area contributed by atoms with E-state index in [1.807, 2.05) is 26.0 Å². The van der Waals surface area contributed by atoms with Gasteiger partial charge in [-0.05, 0) is 31.4 Å². The molecule has 0 radical (unpaired) electrons. The molecule has 1 heterocycles. The Morgan fingerprint density at radius 2 is 2.05 bits per heavy atom. The molecule has 5 heteroatoms. The van der Waals surface area contributed by atoms with E-state index in [0.717, 1.165) is 24.9 Å². The van der Waals surface area contributed by atoms with Crippen molar-refractivity contribution in [3.63, 3.8) is 0 Å². The number of carbonyl (C=O) groups is 1. The van der Waals surface area contributed by atoms with Gasteiger partial charge in [0.15, 0.2) is 11.5 Å².